The van der Waals surface area contributed by atoms with E-state index in [2.05, 4.69) is 13.8 Å². The number of halogens is 2. The summed E-state index contributed by atoms with van der Waals surface area (Å²) in [5.74, 6) is 0.626. The molecular formula is C17H16ClFO. The zero-order valence-corrected chi connectivity index (χ0v) is 12.2. The van der Waals surface area contributed by atoms with E-state index in [1.807, 2.05) is 18.2 Å². The van der Waals surface area contributed by atoms with Gasteiger partial charge in [-0.2, -0.15) is 0 Å². The molecule has 1 heterocycles. The Hall–Kier alpha value is -1.54. The van der Waals surface area contributed by atoms with Gasteiger partial charge >= 0.3 is 0 Å². The van der Waals surface area contributed by atoms with Gasteiger partial charge in [0.25, 0.3) is 0 Å². The molecule has 0 fully saturated rings. The van der Waals surface area contributed by atoms with Crippen molar-refractivity contribution in [1.29, 1.82) is 0 Å². The molecule has 1 atom stereocenters. The van der Waals surface area contributed by atoms with Crippen molar-refractivity contribution in [2.24, 2.45) is 0 Å². The van der Waals surface area contributed by atoms with Crippen molar-refractivity contribution in [1.82, 2.24) is 0 Å². The molecule has 2 aromatic rings. The van der Waals surface area contributed by atoms with Crippen LogP contribution in [-0.4, -0.2) is 5.60 Å². The van der Waals surface area contributed by atoms with Crippen LogP contribution in [0.15, 0.2) is 42.5 Å². The van der Waals surface area contributed by atoms with Crippen LogP contribution in [-0.2, 0) is 6.42 Å². The number of fused-ring (bicyclic) bond motifs is 1. The Kier molecular flexibility index (Phi) is 3.21. The number of rotatable bonds is 2. The van der Waals surface area contributed by atoms with Gasteiger partial charge in [0.2, 0.25) is 0 Å². The first-order valence-corrected chi connectivity index (χ1v) is 7.10. The van der Waals surface area contributed by atoms with Crippen molar-refractivity contribution in [3.8, 4) is 5.75 Å². The van der Waals surface area contributed by atoms with E-state index in [-0.39, 0.29) is 11.4 Å². The van der Waals surface area contributed by atoms with Gasteiger partial charge in [0.1, 0.15) is 17.2 Å². The number of hydrogen-bond donors (Lipinski definition) is 0. The lowest BCUT2D eigenvalue weighted by Crippen LogP contribution is -2.24. The van der Waals surface area contributed by atoms with Crippen LogP contribution in [0.25, 0.3) is 0 Å². The zero-order chi connectivity index (χ0) is 14.3. The fraction of sp³-hybridized carbons (Fsp3) is 0.294. The van der Waals surface area contributed by atoms with Crippen molar-refractivity contribution >= 4 is 11.6 Å². The minimum absolute atomic E-state index is 0.180. The van der Waals surface area contributed by atoms with Crippen LogP contribution in [0, 0.1) is 5.82 Å². The second kappa shape index (κ2) is 4.78. The molecule has 3 heteroatoms. The summed E-state index contributed by atoms with van der Waals surface area (Å²) in [5, 5.41) is -0.481. The Morgan fingerprint density at radius 3 is 2.70 bits per heavy atom. The molecule has 1 aliphatic rings. The molecule has 0 aliphatic carbocycles. The second-order valence-corrected chi connectivity index (χ2v) is 6.23. The molecule has 1 aliphatic heterocycles. The Bertz CT molecular complexity index is 651. The minimum Gasteiger partial charge on any atom is -0.487 e. The second-order valence-electron chi connectivity index (χ2n) is 5.79. The standard InChI is InChI=1S/C17H16ClFO/c1-17(2)10-12-9-11(7-8-15(12)20-17)16(18)13-5-3-4-6-14(13)19/h3-9,16H,10H2,1-2H3. The third-order valence-corrected chi connectivity index (χ3v) is 4.04. The predicted molar refractivity (Wildman–Crippen MR) is 78.9 cm³/mol. The summed E-state index contributed by atoms with van der Waals surface area (Å²) in [6.45, 7) is 4.11. The van der Waals surface area contributed by atoms with Gasteiger partial charge in [0.15, 0.2) is 0 Å². The first-order valence-electron chi connectivity index (χ1n) is 6.67. The maximum absolute atomic E-state index is 13.8. The van der Waals surface area contributed by atoms with E-state index in [1.54, 1.807) is 18.2 Å². The van der Waals surface area contributed by atoms with E-state index in [0.29, 0.717) is 5.56 Å². The Morgan fingerprint density at radius 2 is 1.95 bits per heavy atom. The zero-order valence-electron chi connectivity index (χ0n) is 11.5. The summed E-state index contributed by atoms with van der Waals surface area (Å²) < 4.78 is 19.7. The maximum Gasteiger partial charge on any atom is 0.128 e. The Balaban J connectivity index is 1.95. The summed E-state index contributed by atoms with van der Waals surface area (Å²) in [4.78, 5) is 0. The van der Waals surface area contributed by atoms with E-state index in [4.69, 9.17) is 16.3 Å². The van der Waals surface area contributed by atoms with Crippen LogP contribution in [0.1, 0.15) is 35.9 Å². The third kappa shape index (κ3) is 2.40. The molecule has 0 amide bonds. The normalized spacial score (nSPS) is 17.4. The van der Waals surface area contributed by atoms with Crippen LogP contribution in [0.4, 0.5) is 4.39 Å². The van der Waals surface area contributed by atoms with Gasteiger partial charge < -0.3 is 4.74 Å². The molecule has 1 nitrogen and oxygen atoms in total. The summed E-state index contributed by atoms with van der Waals surface area (Å²) in [5.41, 5.74) is 2.36. The van der Waals surface area contributed by atoms with Crippen LogP contribution >= 0.6 is 11.6 Å². The van der Waals surface area contributed by atoms with Gasteiger partial charge in [-0.05, 0) is 37.1 Å². The molecule has 2 aromatic carbocycles. The van der Waals surface area contributed by atoms with Gasteiger partial charge in [-0.1, -0.05) is 30.3 Å². The molecule has 0 aromatic heterocycles. The highest BCUT2D eigenvalue weighted by molar-refractivity contribution is 6.22. The van der Waals surface area contributed by atoms with Crippen LogP contribution in [0.5, 0.6) is 5.75 Å². The van der Waals surface area contributed by atoms with E-state index >= 15 is 0 Å². The minimum atomic E-state index is -0.481. The maximum atomic E-state index is 13.8. The number of ether oxygens (including phenoxy) is 1. The highest BCUT2D eigenvalue weighted by Gasteiger charge is 2.30. The summed E-state index contributed by atoms with van der Waals surface area (Å²) in [7, 11) is 0. The molecule has 0 radical (unpaired) electrons. The third-order valence-electron chi connectivity index (χ3n) is 3.56. The fourth-order valence-corrected chi connectivity index (χ4v) is 2.96. The van der Waals surface area contributed by atoms with Crippen molar-refractivity contribution in [3.05, 3.63) is 65.0 Å². The summed E-state index contributed by atoms with van der Waals surface area (Å²) in [6.07, 6.45) is 0.844. The Morgan fingerprint density at radius 1 is 1.20 bits per heavy atom. The van der Waals surface area contributed by atoms with Gasteiger partial charge in [0.05, 0.1) is 5.38 Å². The SMILES string of the molecule is CC1(C)Cc2cc(C(Cl)c3ccccc3F)ccc2O1. The topological polar surface area (TPSA) is 9.23 Å². The molecule has 0 bridgehead atoms. The van der Waals surface area contributed by atoms with Crippen molar-refractivity contribution in [2.75, 3.05) is 0 Å². The van der Waals surface area contributed by atoms with E-state index < -0.39 is 5.38 Å². The fourth-order valence-electron chi connectivity index (χ4n) is 2.65. The van der Waals surface area contributed by atoms with Crippen molar-refractivity contribution < 1.29 is 9.13 Å². The monoisotopic (exact) mass is 290 g/mol. The lowest BCUT2D eigenvalue weighted by atomic mass is 9.97. The highest BCUT2D eigenvalue weighted by Crippen LogP contribution is 2.38. The van der Waals surface area contributed by atoms with E-state index in [0.717, 1.165) is 23.3 Å². The molecule has 0 spiro atoms. The number of hydrogen-bond acceptors (Lipinski definition) is 1. The summed E-state index contributed by atoms with van der Waals surface area (Å²) >= 11 is 6.43. The van der Waals surface area contributed by atoms with Crippen molar-refractivity contribution in [3.63, 3.8) is 0 Å². The molecule has 0 saturated heterocycles. The van der Waals surface area contributed by atoms with Gasteiger partial charge in [0, 0.05) is 12.0 Å². The molecule has 0 saturated carbocycles. The van der Waals surface area contributed by atoms with Crippen LogP contribution < -0.4 is 4.74 Å². The van der Waals surface area contributed by atoms with Gasteiger partial charge in [-0.3, -0.25) is 0 Å². The average Bonchev–Trinajstić information content (AvgIpc) is 2.71. The average molecular weight is 291 g/mol. The summed E-state index contributed by atoms with van der Waals surface area (Å²) in [6, 6.07) is 12.5. The molecular weight excluding hydrogens is 275 g/mol. The highest BCUT2D eigenvalue weighted by atomic mass is 35.5. The lowest BCUT2D eigenvalue weighted by Gasteiger charge is -2.16. The first-order chi connectivity index (χ1) is 9.46. The van der Waals surface area contributed by atoms with Crippen LogP contribution in [0.2, 0.25) is 0 Å². The van der Waals surface area contributed by atoms with Gasteiger partial charge in [-0.15, -0.1) is 11.6 Å². The molecule has 3 rings (SSSR count). The van der Waals surface area contributed by atoms with E-state index in [1.165, 1.54) is 6.07 Å². The van der Waals surface area contributed by atoms with E-state index in [9.17, 15) is 4.39 Å². The van der Waals surface area contributed by atoms with Crippen LogP contribution in [0.3, 0.4) is 0 Å². The number of benzene rings is 2. The smallest absolute Gasteiger partial charge is 0.128 e. The predicted octanol–water partition coefficient (Wildman–Crippen LogP) is 4.87. The molecule has 1 unspecified atom stereocenters. The Labute approximate surface area is 123 Å². The quantitative estimate of drug-likeness (QED) is 0.717. The van der Waals surface area contributed by atoms with Gasteiger partial charge in [-0.25, -0.2) is 4.39 Å². The number of alkyl halides is 1. The van der Waals surface area contributed by atoms with Crippen molar-refractivity contribution in [2.45, 2.75) is 31.2 Å². The largest absolute Gasteiger partial charge is 0.487 e. The first kappa shape index (κ1) is 13.4. The molecule has 104 valence electrons. The molecule has 0 N–H and O–H groups in total. The lowest BCUT2D eigenvalue weighted by molar-refractivity contribution is 0.138. The molecule has 20 heavy (non-hydrogen) atoms.